The van der Waals surface area contributed by atoms with Crippen LogP contribution in [0.5, 0.6) is 0 Å². The summed E-state index contributed by atoms with van der Waals surface area (Å²) in [5, 5.41) is 10.1. The van der Waals surface area contributed by atoms with E-state index in [0.717, 1.165) is 0 Å². The first-order chi connectivity index (χ1) is 25.8. The molecule has 11 aromatic rings. The van der Waals surface area contributed by atoms with Crippen molar-refractivity contribution in [1.82, 2.24) is 9.13 Å². The molecule has 240 valence electrons. The first kappa shape index (κ1) is 27.9. The van der Waals surface area contributed by atoms with Gasteiger partial charge in [-0.05, 0) is 98.4 Å². The number of benzene rings is 9. The molecule has 2 nitrogen and oxygen atoms in total. The van der Waals surface area contributed by atoms with Gasteiger partial charge < -0.3 is 9.13 Å². The summed E-state index contributed by atoms with van der Waals surface area (Å²) in [5.74, 6) is 0. The van der Waals surface area contributed by atoms with Gasteiger partial charge in [0.1, 0.15) is 0 Å². The molecule has 52 heavy (non-hydrogen) atoms. The quantitative estimate of drug-likeness (QED) is 0.175. The van der Waals surface area contributed by atoms with Crippen LogP contribution in [0.1, 0.15) is 0 Å². The van der Waals surface area contributed by atoms with E-state index >= 15 is 0 Å². The Kier molecular flexibility index (Phi) is 5.53. The maximum atomic E-state index is 2.52. The molecule has 0 aliphatic carbocycles. The fourth-order valence-corrected chi connectivity index (χ4v) is 9.04. The molecule has 0 amide bonds. The van der Waals surface area contributed by atoms with Gasteiger partial charge in [0, 0.05) is 38.4 Å². The first-order valence-electron chi connectivity index (χ1n) is 18.0. The SMILES string of the molecule is c1ccc2c(c1)-c1cc3ccccc3cc1-n1c3ccc(-c4ccc5c(c4)c4ccccc4n5-c4ccc5ccccc5c4)cc3c3cccc-2c31. The third-order valence-electron chi connectivity index (χ3n) is 11.4. The predicted molar refractivity (Wildman–Crippen MR) is 220 cm³/mol. The zero-order valence-electron chi connectivity index (χ0n) is 28.2. The Morgan fingerprint density at radius 2 is 0.846 bits per heavy atom. The van der Waals surface area contributed by atoms with Crippen LogP contribution in [0, 0.1) is 0 Å². The van der Waals surface area contributed by atoms with Crippen LogP contribution >= 0.6 is 0 Å². The van der Waals surface area contributed by atoms with Crippen molar-refractivity contribution in [3.05, 3.63) is 182 Å². The molecule has 0 saturated carbocycles. The summed E-state index contributed by atoms with van der Waals surface area (Å²) in [7, 11) is 0. The fourth-order valence-electron chi connectivity index (χ4n) is 9.04. The monoisotopic (exact) mass is 658 g/mol. The van der Waals surface area contributed by atoms with E-state index in [-0.39, 0.29) is 0 Å². The maximum absolute atomic E-state index is 2.52. The molecule has 0 saturated heterocycles. The molecule has 0 atom stereocenters. The predicted octanol–water partition coefficient (Wildman–Crippen LogP) is 13.5. The van der Waals surface area contributed by atoms with Crippen LogP contribution in [-0.2, 0) is 0 Å². The summed E-state index contributed by atoms with van der Waals surface area (Å²) in [6.45, 7) is 0. The highest BCUT2D eigenvalue weighted by Crippen LogP contribution is 2.48. The Labute approximate surface area is 300 Å². The Morgan fingerprint density at radius 1 is 0.288 bits per heavy atom. The van der Waals surface area contributed by atoms with Gasteiger partial charge in [0.05, 0.1) is 27.8 Å². The zero-order chi connectivity index (χ0) is 33.9. The van der Waals surface area contributed by atoms with Crippen molar-refractivity contribution in [2.45, 2.75) is 0 Å². The van der Waals surface area contributed by atoms with Gasteiger partial charge in [-0.1, -0.05) is 127 Å². The second kappa shape index (κ2) is 10.3. The van der Waals surface area contributed by atoms with Crippen LogP contribution in [-0.4, -0.2) is 9.13 Å². The largest absolute Gasteiger partial charge is 0.309 e. The molecule has 3 heterocycles. The van der Waals surface area contributed by atoms with Crippen molar-refractivity contribution in [3.63, 3.8) is 0 Å². The van der Waals surface area contributed by atoms with E-state index in [9.17, 15) is 0 Å². The van der Waals surface area contributed by atoms with Crippen molar-refractivity contribution >= 4 is 65.2 Å². The van der Waals surface area contributed by atoms with Gasteiger partial charge in [-0.2, -0.15) is 0 Å². The molecule has 2 aromatic heterocycles. The van der Waals surface area contributed by atoms with Gasteiger partial charge >= 0.3 is 0 Å². The standard InChI is InChI=1S/C50H30N2/c1-2-11-32-26-37(23-20-31(32)10-1)51-46-19-8-7-16-40(46)44-28-35(21-24-47(44)51)36-22-25-48-45(29-36)42-18-9-17-41-38-14-5-6-15-39(38)43-27-33-12-3-4-13-34(33)30-49(43)52(48)50(41)42/h1-30H. The lowest BCUT2D eigenvalue weighted by atomic mass is 9.92. The summed E-state index contributed by atoms with van der Waals surface area (Å²) in [6, 6.07) is 67.4. The minimum atomic E-state index is 1.18. The molecule has 0 spiro atoms. The van der Waals surface area contributed by atoms with Gasteiger partial charge in [-0.15, -0.1) is 0 Å². The Balaban J connectivity index is 1.10. The minimum absolute atomic E-state index is 1.18. The number of rotatable bonds is 2. The number of hydrogen-bond acceptors (Lipinski definition) is 0. The van der Waals surface area contributed by atoms with Crippen LogP contribution < -0.4 is 0 Å². The van der Waals surface area contributed by atoms with E-state index in [2.05, 4.69) is 191 Å². The number of para-hydroxylation sites is 2. The number of hydrogen-bond donors (Lipinski definition) is 0. The van der Waals surface area contributed by atoms with Crippen LogP contribution in [0.25, 0.3) is 110 Å². The second-order valence-corrected chi connectivity index (χ2v) is 14.1. The number of fused-ring (bicyclic) bond motifs is 13. The third-order valence-corrected chi connectivity index (χ3v) is 11.4. The molecule has 0 bridgehead atoms. The minimum Gasteiger partial charge on any atom is -0.309 e. The van der Waals surface area contributed by atoms with Gasteiger partial charge in [0.25, 0.3) is 0 Å². The Hall–Kier alpha value is -6.90. The third kappa shape index (κ3) is 3.78. The van der Waals surface area contributed by atoms with Crippen LogP contribution in [0.2, 0.25) is 0 Å². The molecule has 12 rings (SSSR count). The van der Waals surface area contributed by atoms with E-state index in [1.54, 1.807) is 0 Å². The van der Waals surface area contributed by atoms with Crippen molar-refractivity contribution in [1.29, 1.82) is 0 Å². The highest BCUT2D eigenvalue weighted by Gasteiger charge is 2.25. The lowest BCUT2D eigenvalue weighted by molar-refractivity contribution is 1.19. The topological polar surface area (TPSA) is 9.86 Å². The Bertz CT molecular complexity index is 3300. The highest BCUT2D eigenvalue weighted by molar-refractivity contribution is 6.18. The maximum Gasteiger partial charge on any atom is 0.0619 e. The average Bonchev–Trinajstić information content (AvgIpc) is 3.68. The molecule has 1 aliphatic rings. The van der Waals surface area contributed by atoms with Gasteiger partial charge in [-0.3, -0.25) is 0 Å². The summed E-state index contributed by atoms with van der Waals surface area (Å²) in [4.78, 5) is 0. The van der Waals surface area contributed by atoms with E-state index in [0.29, 0.717) is 0 Å². The molecule has 1 aliphatic heterocycles. The van der Waals surface area contributed by atoms with Gasteiger partial charge in [0.2, 0.25) is 0 Å². The van der Waals surface area contributed by atoms with E-state index in [4.69, 9.17) is 0 Å². The molecular formula is C50H30N2. The number of nitrogens with zero attached hydrogens (tertiary/aromatic N) is 2. The lowest BCUT2D eigenvalue weighted by Crippen LogP contribution is -1.96. The van der Waals surface area contributed by atoms with Gasteiger partial charge in [0.15, 0.2) is 0 Å². The summed E-state index contributed by atoms with van der Waals surface area (Å²) < 4.78 is 4.93. The van der Waals surface area contributed by atoms with E-state index < -0.39 is 0 Å². The van der Waals surface area contributed by atoms with Crippen LogP contribution in [0.3, 0.4) is 0 Å². The molecular weight excluding hydrogens is 629 g/mol. The normalized spacial score (nSPS) is 12.2. The lowest BCUT2D eigenvalue weighted by Gasteiger charge is -2.14. The molecule has 0 N–H and O–H groups in total. The molecule has 9 aromatic carbocycles. The average molecular weight is 659 g/mol. The summed E-state index contributed by atoms with van der Waals surface area (Å²) >= 11 is 0. The molecule has 0 fully saturated rings. The first-order valence-corrected chi connectivity index (χ1v) is 18.0. The Morgan fingerprint density at radius 3 is 1.63 bits per heavy atom. The van der Waals surface area contributed by atoms with Gasteiger partial charge in [-0.25, -0.2) is 0 Å². The second-order valence-electron chi connectivity index (χ2n) is 14.1. The van der Waals surface area contributed by atoms with Crippen molar-refractivity contribution in [2.24, 2.45) is 0 Å². The van der Waals surface area contributed by atoms with Crippen molar-refractivity contribution in [2.75, 3.05) is 0 Å². The molecule has 2 heteroatoms. The van der Waals surface area contributed by atoms with Crippen molar-refractivity contribution in [3.8, 4) is 44.8 Å². The zero-order valence-corrected chi connectivity index (χ0v) is 28.2. The summed E-state index contributed by atoms with van der Waals surface area (Å²) in [5.41, 5.74) is 14.9. The number of aromatic nitrogens is 2. The fraction of sp³-hybridized carbons (Fsp3) is 0. The summed E-state index contributed by atoms with van der Waals surface area (Å²) in [6.07, 6.45) is 0. The van der Waals surface area contributed by atoms with Crippen LogP contribution in [0.4, 0.5) is 0 Å². The molecule has 0 radical (unpaired) electrons. The van der Waals surface area contributed by atoms with E-state index in [1.807, 2.05) is 0 Å². The van der Waals surface area contributed by atoms with Crippen molar-refractivity contribution < 1.29 is 0 Å². The van der Waals surface area contributed by atoms with E-state index in [1.165, 1.54) is 110 Å². The smallest absolute Gasteiger partial charge is 0.0619 e. The molecule has 0 unspecified atom stereocenters. The highest BCUT2D eigenvalue weighted by atomic mass is 15.0. The van der Waals surface area contributed by atoms with Crippen LogP contribution in [0.15, 0.2) is 182 Å².